The van der Waals surface area contributed by atoms with Crippen LogP contribution in [0.1, 0.15) is 33.9 Å². The van der Waals surface area contributed by atoms with Crippen molar-refractivity contribution >= 4 is 45.7 Å². The Kier molecular flexibility index (Phi) is 7.59. The van der Waals surface area contributed by atoms with E-state index in [1.54, 1.807) is 31.2 Å². The monoisotopic (exact) mass is 577 g/mol. The second-order valence-corrected chi connectivity index (χ2v) is 11.4. The molecular formula is C29H24FN3O5S2. The number of aliphatic hydroxyl groups excluding tert-OH is 1. The number of aliphatic hydroxyl groups is 1. The summed E-state index contributed by atoms with van der Waals surface area (Å²) in [7, 11) is 1.39. The van der Waals surface area contributed by atoms with Gasteiger partial charge in [0.2, 0.25) is 5.13 Å². The lowest BCUT2D eigenvalue weighted by molar-refractivity contribution is -0.132. The Morgan fingerprint density at radius 3 is 2.55 bits per heavy atom. The van der Waals surface area contributed by atoms with Crippen molar-refractivity contribution in [3.05, 3.63) is 99.9 Å². The number of ketones is 1. The van der Waals surface area contributed by atoms with Crippen molar-refractivity contribution in [2.45, 2.75) is 30.0 Å². The van der Waals surface area contributed by atoms with Gasteiger partial charge in [-0.25, -0.2) is 4.39 Å². The van der Waals surface area contributed by atoms with Crippen molar-refractivity contribution in [2.75, 3.05) is 12.0 Å². The summed E-state index contributed by atoms with van der Waals surface area (Å²) in [4.78, 5) is 28.2. The van der Waals surface area contributed by atoms with Gasteiger partial charge in [0.15, 0.2) is 15.8 Å². The second kappa shape index (κ2) is 11.1. The number of benzene rings is 3. The maximum absolute atomic E-state index is 13.5. The summed E-state index contributed by atoms with van der Waals surface area (Å²) in [6, 6.07) is 15.0. The van der Waals surface area contributed by atoms with Gasteiger partial charge in [0.25, 0.3) is 5.78 Å². The molecule has 1 fully saturated rings. The molecule has 1 saturated heterocycles. The highest BCUT2D eigenvalue weighted by atomic mass is 32.2. The van der Waals surface area contributed by atoms with Crippen LogP contribution in [0.2, 0.25) is 0 Å². The van der Waals surface area contributed by atoms with E-state index in [4.69, 9.17) is 4.74 Å². The highest BCUT2D eigenvalue weighted by Gasteiger charge is 2.48. The maximum atomic E-state index is 13.5. The third-order valence-electron chi connectivity index (χ3n) is 6.49. The Hall–Kier alpha value is -4.22. The van der Waals surface area contributed by atoms with Gasteiger partial charge < -0.3 is 14.9 Å². The number of hydrogen-bond acceptors (Lipinski definition) is 9. The molecule has 1 aromatic heterocycles. The van der Waals surface area contributed by atoms with E-state index < -0.39 is 17.7 Å². The number of thioether (sulfide) groups is 1. The highest BCUT2D eigenvalue weighted by molar-refractivity contribution is 8.00. The Labute approximate surface area is 237 Å². The third kappa shape index (κ3) is 5.17. The van der Waals surface area contributed by atoms with E-state index in [-0.39, 0.29) is 33.8 Å². The first-order valence-electron chi connectivity index (χ1n) is 12.1. The smallest absolute Gasteiger partial charge is 0.301 e. The summed E-state index contributed by atoms with van der Waals surface area (Å²) in [5, 5.41) is 30.2. The summed E-state index contributed by atoms with van der Waals surface area (Å²) < 4.78 is 19.1. The standard InChI is InChI=1S/C29H24FN3O5S2/c1-15-4-5-16(2)20(12-15)25(35)23-24(18-8-11-21(34)22(13-18)38-3)33(27(37)26(23)36)28-31-32-29(40-28)39-14-17-6-9-19(30)10-7-17/h4-13,24,34-35H,14H2,1-3H3. The molecule has 8 nitrogen and oxygen atoms in total. The molecule has 2 N–H and O–H groups in total. The lowest BCUT2D eigenvalue weighted by atomic mass is 9.93. The van der Waals surface area contributed by atoms with Gasteiger partial charge in [0, 0.05) is 11.3 Å². The predicted molar refractivity (Wildman–Crippen MR) is 151 cm³/mol. The van der Waals surface area contributed by atoms with Crippen LogP contribution in [0.3, 0.4) is 0 Å². The number of amides is 1. The van der Waals surface area contributed by atoms with Crippen molar-refractivity contribution in [1.82, 2.24) is 10.2 Å². The Morgan fingerprint density at radius 2 is 1.82 bits per heavy atom. The second-order valence-electron chi connectivity index (χ2n) is 9.18. The number of aromatic nitrogens is 2. The third-order valence-corrected chi connectivity index (χ3v) is 8.62. The van der Waals surface area contributed by atoms with E-state index in [1.807, 2.05) is 19.1 Å². The Bertz CT molecular complexity index is 1650. The van der Waals surface area contributed by atoms with Gasteiger partial charge in [0.1, 0.15) is 11.6 Å². The number of halogens is 1. The van der Waals surface area contributed by atoms with Crippen LogP contribution in [0.5, 0.6) is 11.5 Å². The van der Waals surface area contributed by atoms with E-state index in [0.717, 1.165) is 28.0 Å². The van der Waals surface area contributed by atoms with Gasteiger partial charge >= 0.3 is 5.91 Å². The minimum atomic E-state index is -1.06. The fourth-order valence-corrected chi connectivity index (χ4v) is 6.25. The SMILES string of the molecule is COc1cc(C2C(=C(O)c3cc(C)ccc3C)C(=O)C(=O)N2c2nnc(SCc3ccc(F)cc3)s2)ccc1O. The van der Waals surface area contributed by atoms with Crippen molar-refractivity contribution in [3.63, 3.8) is 0 Å². The molecular weight excluding hydrogens is 553 g/mol. The van der Waals surface area contributed by atoms with Crippen LogP contribution < -0.4 is 9.64 Å². The minimum Gasteiger partial charge on any atom is -0.507 e. The zero-order valence-electron chi connectivity index (χ0n) is 21.7. The molecule has 11 heteroatoms. The summed E-state index contributed by atoms with van der Waals surface area (Å²) in [6.07, 6.45) is 0. The fraction of sp³-hybridized carbons (Fsp3) is 0.172. The molecule has 0 spiro atoms. The predicted octanol–water partition coefficient (Wildman–Crippen LogP) is 5.93. The number of hydrogen-bond donors (Lipinski definition) is 2. The van der Waals surface area contributed by atoms with Crippen molar-refractivity contribution in [1.29, 1.82) is 0 Å². The van der Waals surface area contributed by atoms with Crippen molar-refractivity contribution < 1.29 is 28.9 Å². The molecule has 1 aliphatic rings. The number of carbonyl (C=O) groups excluding carboxylic acids is 2. The molecule has 1 aliphatic heterocycles. The number of aryl methyl sites for hydroxylation is 2. The average molecular weight is 578 g/mol. The molecule has 0 saturated carbocycles. The van der Waals surface area contributed by atoms with E-state index >= 15 is 0 Å². The largest absolute Gasteiger partial charge is 0.507 e. The van der Waals surface area contributed by atoms with E-state index in [9.17, 15) is 24.2 Å². The van der Waals surface area contributed by atoms with Crippen LogP contribution >= 0.6 is 23.1 Å². The van der Waals surface area contributed by atoms with Gasteiger partial charge in [-0.15, -0.1) is 10.2 Å². The zero-order valence-corrected chi connectivity index (χ0v) is 23.3. The van der Waals surface area contributed by atoms with Crippen LogP contribution in [-0.2, 0) is 15.3 Å². The number of Topliss-reactive ketones (excluding diaryl/α,β-unsaturated/α-hetero) is 1. The highest BCUT2D eigenvalue weighted by Crippen LogP contribution is 2.45. The van der Waals surface area contributed by atoms with Gasteiger partial charge in [-0.3, -0.25) is 14.5 Å². The normalized spacial score (nSPS) is 16.5. The van der Waals surface area contributed by atoms with Gasteiger partial charge in [-0.1, -0.05) is 59.0 Å². The molecule has 0 aliphatic carbocycles. The van der Waals surface area contributed by atoms with Crippen LogP contribution in [0.4, 0.5) is 9.52 Å². The molecule has 3 aromatic carbocycles. The lowest BCUT2D eigenvalue weighted by Gasteiger charge is -2.23. The first kappa shape index (κ1) is 27.4. The topological polar surface area (TPSA) is 113 Å². The van der Waals surface area contributed by atoms with E-state index in [0.29, 0.717) is 21.2 Å². The molecule has 0 radical (unpaired) electrons. The first-order valence-corrected chi connectivity index (χ1v) is 13.9. The van der Waals surface area contributed by atoms with Crippen molar-refractivity contribution in [3.8, 4) is 11.5 Å². The van der Waals surface area contributed by atoms with Crippen LogP contribution in [0, 0.1) is 19.7 Å². The molecule has 40 heavy (non-hydrogen) atoms. The number of phenolic OH excluding ortho intramolecular Hbond substituents is 1. The molecule has 4 aromatic rings. The number of carbonyl (C=O) groups is 2. The molecule has 1 unspecified atom stereocenters. The molecule has 5 rings (SSSR count). The van der Waals surface area contributed by atoms with Crippen LogP contribution in [-0.4, -0.2) is 39.2 Å². The lowest BCUT2D eigenvalue weighted by Crippen LogP contribution is -2.29. The van der Waals surface area contributed by atoms with Crippen molar-refractivity contribution in [2.24, 2.45) is 0 Å². The number of phenols is 1. The van der Waals surface area contributed by atoms with E-state index in [2.05, 4.69) is 10.2 Å². The van der Waals surface area contributed by atoms with Crippen LogP contribution in [0.15, 0.2) is 70.6 Å². The Morgan fingerprint density at radius 1 is 1.07 bits per heavy atom. The average Bonchev–Trinajstić information content (AvgIpc) is 3.51. The molecule has 1 amide bonds. The summed E-state index contributed by atoms with van der Waals surface area (Å²) >= 11 is 2.48. The summed E-state index contributed by atoms with van der Waals surface area (Å²) in [5.41, 5.74) is 3.23. The first-order chi connectivity index (χ1) is 19.2. The Balaban J connectivity index is 1.59. The number of nitrogens with zero attached hydrogens (tertiary/aromatic N) is 3. The van der Waals surface area contributed by atoms with E-state index in [1.165, 1.54) is 48.0 Å². The maximum Gasteiger partial charge on any atom is 0.301 e. The van der Waals surface area contributed by atoms with Gasteiger partial charge in [-0.2, -0.15) is 0 Å². The zero-order chi connectivity index (χ0) is 28.6. The fourth-order valence-electron chi connectivity index (χ4n) is 4.43. The van der Waals surface area contributed by atoms with Crippen LogP contribution in [0.25, 0.3) is 5.76 Å². The molecule has 204 valence electrons. The van der Waals surface area contributed by atoms with Gasteiger partial charge in [-0.05, 0) is 60.9 Å². The summed E-state index contributed by atoms with van der Waals surface area (Å²) in [5.74, 6) is -1.85. The number of rotatable bonds is 7. The number of anilines is 1. The summed E-state index contributed by atoms with van der Waals surface area (Å²) in [6.45, 7) is 3.67. The number of ether oxygens (including phenoxy) is 1. The quantitative estimate of drug-likeness (QED) is 0.0914. The molecule has 1 atom stereocenters. The molecule has 2 heterocycles. The number of methoxy groups -OCH3 is 1. The molecule has 0 bridgehead atoms. The minimum absolute atomic E-state index is 0.109. The number of aromatic hydroxyl groups is 1. The van der Waals surface area contributed by atoms with Gasteiger partial charge in [0.05, 0.1) is 18.7 Å².